The number of amides is 1. The molecule has 3 nitrogen and oxygen atoms in total. The summed E-state index contributed by atoms with van der Waals surface area (Å²) in [6, 6.07) is 19.8. The van der Waals surface area contributed by atoms with Crippen molar-refractivity contribution in [2.24, 2.45) is 0 Å². The number of hydrogen-bond donors (Lipinski definition) is 1. The minimum absolute atomic E-state index is 0.0702. The van der Waals surface area contributed by atoms with E-state index in [4.69, 9.17) is 0 Å². The fourth-order valence-electron chi connectivity index (χ4n) is 2.36. The Morgan fingerprint density at radius 1 is 1.05 bits per heavy atom. The number of hydrogen-bond acceptors (Lipinski definition) is 2. The van der Waals surface area contributed by atoms with Gasteiger partial charge in [0.2, 0.25) is 5.91 Å². The molecule has 1 aromatic heterocycles. The molecule has 0 bridgehead atoms. The molecule has 0 unspecified atom stereocenters. The fourth-order valence-corrected chi connectivity index (χ4v) is 2.36. The van der Waals surface area contributed by atoms with E-state index in [0.717, 1.165) is 29.4 Å². The number of carbonyl (C=O) groups excluding carboxylic acids is 1. The highest BCUT2D eigenvalue weighted by Gasteiger charge is 2.04. The third-order valence-corrected chi connectivity index (χ3v) is 3.48. The molecule has 0 fully saturated rings. The molecule has 0 aliphatic rings. The number of aryl methyl sites for hydroxylation is 1. The minimum Gasteiger partial charge on any atom is -0.326 e. The maximum Gasteiger partial charge on any atom is 0.228 e. The van der Waals surface area contributed by atoms with Crippen LogP contribution >= 0.6 is 0 Å². The van der Waals surface area contributed by atoms with Gasteiger partial charge in [0, 0.05) is 17.3 Å². The summed E-state index contributed by atoms with van der Waals surface area (Å²) in [5.74, 6) is -0.0702. The average Bonchev–Trinajstić information content (AvgIpc) is 2.56. The summed E-state index contributed by atoms with van der Waals surface area (Å²) in [6.07, 6.45) is 5.05. The van der Waals surface area contributed by atoms with E-state index in [1.165, 1.54) is 5.56 Å². The molecule has 0 saturated heterocycles. The molecule has 0 atom stereocenters. The van der Waals surface area contributed by atoms with Gasteiger partial charge in [0.1, 0.15) is 0 Å². The van der Waals surface area contributed by atoms with Crippen LogP contribution in [0.2, 0.25) is 0 Å². The number of nitrogens with one attached hydrogen (secondary N) is 1. The monoisotopic (exact) mass is 289 g/mol. The van der Waals surface area contributed by atoms with Gasteiger partial charge >= 0.3 is 0 Å². The summed E-state index contributed by atoms with van der Waals surface area (Å²) in [7, 11) is 0. The van der Waals surface area contributed by atoms with Gasteiger partial charge in [0.05, 0.1) is 11.9 Å². The summed E-state index contributed by atoms with van der Waals surface area (Å²) in [5.41, 5.74) is 2.96. The van der Waals surface area contributed by atoms with Gasteiger partial charge in [-0.3, -0.25) is 9.78 Å². The zero-order valence-electron chi connectivity index (χ0n) is 12.2. The Morgan fingerprint density at radius 3 is 2.77 bits per heavy atom. The molecule has 0 saturated carbocycles. The highest BCUT2D eigenvalue weighted by atomic mass is 16.1. The third kappa shape index (κ3) is 3.70. The van der Waals surface area contributed by atoms with Crippen LogP contribution < -0.4 is 5.32 Å². The summed E-state index contributed by atoms with van der Waals surface area (Å²) in [6.45, 7) is 0. The second-order valence-corrected chi connectivity index (χ2v) is 5.13. The first kappa shape index (κ1) is 14.3. The second kappa shape index (κ2) is 6.85. The summed E-state index contributed by atoms with van der Waals surface area (Å²) >= 11 is 0. The van der Waals surface area contributed by atoms with E-state index in [9.17, 15) is 4.79 Å². The topological polar surface area (TPSA) is 42.0 Å². The maximum atomic E-state index is 12.0. The van der Waals surface area contributed by atoms with Gasteiger partial charge in [0.15, 0.2) is 0 Å². The lowest BCUT2D eigenvalue weighted by molar-refractivity contribution is -0.113. The smallest absolute Gasteiger partial charge is 0.228 e. The molecule has 3 rings (SSSR count). The SMILES string of the molecule is O=C([CH]CCc1ccccc1)Nc1ccc2ncccc2c1. The lowest BCUT2D eigenvalue weighted by atomic mass is 10.1. The predicted molar refractivity (Wildman–Crippen MR) is 89.4 cm³/mol. The standard InChI is InChI=1S/C19H17N2O/c22-19(10-4-8-15-6-2-1-3-7-15)21-17-11-12-18-16(14-17)9-5-13-20-18/h1-3,5-7,9-14H,4,8H2,(H,21,22). The molecule has 1 heterocycles. The van der Waals surface area contributed by atoms with Crippen molar-refractivity contribution in [2.75, 3.05) is 5.32 Å². The zero-order valence-corrected chi connectivity index (χ0v) is 12.2. The first-order chi connectivity index (χ1) is 10.8. The Balaban J connectivity index is 1.54. The van der Waals surface area contributed by atoms with Crippen LogP contribution in [0, 0.1) is 6.42 Å². The van der Waals surface area contributed by atoms with Crippen molar-refractivity contribution in [1.82, 2.24) is 4.98 Å². The van der Waals surface area contributed by atoms with E-state index in [1.807, 2.05) is 48.5 Å². The molecule has 2 aromatic carbocycles. The van der Waals surface area contributed by atoms with Crippen molar-refractivity contribution in [3.8, 4) is 0 Å². The van der Waals surface area contributed by atoms with E-state index >= 15 is 0 Å². The van der Waals surface area contributed by atoms with Gasteiger partial charge in [-0.2, -0.15) is 0 Å². The molecule has 109 valence electrons. The Hall–Kier alpha value is -2.68. The number of carbonyl (C=O) groups is 1. The van der Waals surface area contributed by atoms with Crippen molar-refractivity contribution in [3.63, 3.8) is 0 Å². The van der Waals surface area contributed by atoms with Gasteiger partial charge in [0.25, 0.3) is 0 Å². The number of fused-ring (bicyclic) bond motifs is 1. The van der Waals surface area contributed by atoms with Gasteiger partial charge in [-0.1, -0.05) is 36.4 Å². The van der Waals surface area contributed by atoms with Gasteiger partial charge < -0.3 is 5.32 Å². The van der Waals surface area contributed by atoms with Crippen LogP contribution in [0.4, 0.5) is 5.69 Å². The van der Waals surface area contributed by atoms with Crippen LogP contribution in [0.5, 0.6) is 0 Å². The van der Waals surface area contributed by atoms with Gasteiger partial charge in [-0.25, -0.2) is 0 Å². The van der Waals surface area contributed by atoms with E-state index in [2.05, 4.69) is 22.4 Å². The predicted octanol–water partition coefficient (Wildman–Crippen LogP) is 4.01. The molecule has 1 radical (unpaired) electrons. The maximum absolute atomic E-state index is 12.0. The molecular formula is C19H17N2O. The molecular weight excluding hydrogens is 272 g/mol. The van der Waals surface area contributed by atoms with E-state index in [-0.39, 0.29) is 5.91 Å². The average molecular weight is 289 g/mol. The number of pyridine rings is 1. The molecule has 1 N–H and O–H groups in total. The van der Waals surface area contributed by atoms with Crippen molar-refractivity contribution in [3.05, 3.63) is 78.8 Å². The highest BCUT2D eigenvalue weighted by molar-refractivity contribution is 5.98. The Kier molecular flexibility index (Phi) is 4.44. The van der Waals surface area contributed by atoms with Gasteiger partial charge in [-0.05, 0) is 42.7 Å². The second-order valence-electron chi connectivity index (χ2n) is 5.13. The Bertz CT molecular complexity index is 769. The van der Waals surface area contributed by atoms with Crippen LogP contribution in [0.1, 0.15) is 12.0 Å². The van der Waals surface area contributed by atoms with Gasteiger partial charge in [-0.15, -0.1) is 0 Å². The lowest BCUT2D eigenvalue weighted by Gasteiger charge is -2.06. The lowest BCUT2D eigenvalue weighted by Crippen LogP contribution is -2.12. The largest absolute Gasteiger partial charge is 0.326 e. The number of anilines is 1. The number of benzene rings is 2. The van der Waals surface area contributed by atoms with Crippen molar-refractivity contribution in [1.29, 1.82) is 0 Å². The Morgan fingerprint density at radius 2 is 1.91 bits per heavy atom. The van der Waals surface area contributed by atoms with Crippen molar-refractivity contribution >= 4 is 22.5 Å². The zero-order chi connectivity index (χ0) is 15.2. The molecule has 22 heavy (non-hydrogen) atoms. The first-order valence-corrected chi connectivity index (χ1v) is 7.34. The molecule has 3 aromatic rings. The van der Waals surface area contributed by atoms with E-state index in [0.29, 0.717) is 0 Å². The summed E-state index contributed by atoms with van der Waals surface area (Å²) < 4.78 is 0. The van der Waals surface area contributed by atoms with Crippen LogP contribution in [0.3, 0.4) is 0 Å². The normalized spacial score (nSPS) is 10.5. The first-order valence-electron chi connectivity index (χ1n) is 7.34. The van der Waals surface area contributed by atoms with Crippen LogP contribution in [-0.4, -0.2) is 10.9 Å². The van der Waals surface area contributed by atoms with Crippen LogP contribution in [0.15, 0.2) is 66.9 Å². The van der Waals surface area contributed by atoms with Crippen LogP contribution in [-0.2, 0) is 11.2 Å². The quantitative estimate of drug-likeness (QED) is 0.771. The van der Waals surface area contributed by atoms with Crippen molar-refractivity contribution < 1.29 is 4.79 Å². The molecule has 0 aliphatic heterocycles. The third-order valence-electron chi connectivity index (χ3n) is 3.48. The minimum atomic E-state index is -0.0702. The summed E-state index contributed by atoms with van der Waals surface area (Å²) in [5, 5.41) is 3.92. The number of aromatic nitrogens is 1. The number of rotatable bonds is 5. The molecule has 3 heteroatoms. The van der Waals surface area contributed by atoms with E-state index < -0.39 is 0 Å². The molecule has 0 aliphatic carbocycles. The van der Waals surface area contributed by atoms with Crippen molar-refractivity contribution in [2.45, 2.75) is 12.8 Å². The summed E-state index contributed by atoms with van der Waals surface area (Å²) in [4.78, 5) is 16.2. The fraction of sp³-hybridized carbons (Fsp3) is 0.105. The highest BCUT2D eigenvalue weighted by Crippen LogP contribution is 2.17. The Labute approximate surface area is 130 Å². The van der Waals surface area contributed by atoms with Crippen LogP contribution in [0.25, 0.3) is 10.9 Å². The molecule has 1 amide bonds. The van der Waals surface area contributed by atoms with E-state index in [1.54, 1.807) is 12.6 Å². The number of nitrogens with zero attached hydrogens (tertiary/aromatic N) is 1. The molecule has 0 spiro atoms.